The first-order valence-corrected chi connectivity index (χ1v) is 10.6. The van der Waals surface area contributed by atoms with Gasteiger partial charge < -0.3 is 9.80 Å². The van der Waals surface area contributed by atoms with E-state index in [4.69, 9.17) is 0 Å². The number of carbonyl (C=O) groups excluding carboxylic acids is 1. The molecule has 0 N–H and O–H groups in total. The van der Waals surface area contributed by atoms with Gasteiger partial charge in [-0.15, -0.1) is 5.10 Å². The van der Waals surface area contributed by atoms with Crippen LogP contribution in [-0.4, -0.2) is 47.2 Å². The molecule has 1 fully saturated rings. The van der Waals surface area contributed by atoms with Crippen LogP contribution in [0.5, 0.6) is 0 Å². The molecule has 0 radical (unpaired) electrons. The third-order valence-corrected chi connectivity index (χ3v) is 6.23. The minimum atomic E-state index is 0.206. The molecule has 5 nitrogen and oxygen atoms in total. The Balaban J connectivity index is 1.24. The highest BCUT2D eigenvalue weighted by atomic mass is 16.2. The van der Waals surface area contributed by atoms with Crippen LogP contribution in [0.4, 0.5) is 5.82 Å². The maximum Gasteiger partial charge on any atom is 0.227 e. The number of benzene rings is 2. The maximum atomic E-state index is 12.9. The van der Waals surface area contributed by atoms with Gasteiger partial charge in [-0.05, 0) is 53.6 Å². The fraction of sp³-hybridized carbons (Fsp3) is 0.375. The summed E-state index contributed by atoms with van der Waals surface area (Å²) in [6, 6.07) is 16.7. The molecule has 0 saturated carbocycles. The van der Waals surface area contributed by atoms with Crippen molar-refractivity contribution in [2.24, 2.45) is 0 Å². The first-order chi connectivity index (χ1) is 14.3. The van der Waals surface area contributed by atoms with E-state index in [1.165, 1.54) is 34.9 Å². The van der Waals surface area contributed by atoms with Crippen molar-refractivity contribution in [1.82, 2.24) is 15.1 Å². The molecule has 0 unspecified atom stereocenters. The summed E-state index contributed by atoms with van der Waals surface area (Å²) in [4.78, 5) is 17.2. The number of rotatable bonds is 3. The first kappa shape index (κ1) is 18.1. The van der Waals surface area contributed by atoms with Crippen molar-refractivity contribution in [3.63, 3.8) is 0 Å². The molecule has 3 aromatic rings. The summed E-state index contributed by atoms with van der Waals surface area (Å²) in [5, 5.41) is 11.3. The van der Waals surface area contributed by atoms with Crippen LogP contribution < -0.4 is 4.90 Å². The second-order valence-corrected chi connectivity index (χ2v) is 8.06. The maximum absolute atomic E-state index is 12.9. The fourth-order valence-corrected chi connectivity index (χ4v) is 4.54. The Morgan fingerprint density at radius 2 is 1.69 bits per heavy atom. The van der Waals surface area contributed by atoms with Crippen LogP contribution in [0, 0.1) is 0 Å². The molecule has 1 saturated heterocycles. The number of fused-ring (bicyclic) bond motifs is 2. The molecule has 0 spiro atoms. The Labute approximate surface area is 171 Å². The molecule has 1 aliphatic carbocycles. The van der Waals surface area contributed by atoms with Crippen LogP contribution in [0.3, 0.4) is 0 Å². The monoisotopic (exact) mass is 386 g/mol. The topological polar surface area (TPSA) is 49.3 Å². The molecular weight excluding hydrogens is 360 g/mol. The first-order valence-electron chi connectivity index (χ1n) is 10.6. The van der Waals surface area contributed by atoms with Crippen molar-refractivity contribution in [1.29, 1.82) is 0 Å². The zero-order valence-electron chi connectivity index (χ0n) is 16.7. The quantitative estimate of drug-likeness (QED) is 0.692. The van der Waals surface area contributed by atoms with Crippen LogP contribution >= 0.6 is 0 Å². The van der Waals surface area contributed by atoms with Gasteiger partial charge in [0.15, 0.2) is 5.82 Å². The molecule has 1 aliphatic heterocycles. The molecular formula is C24H26N4O. The van der Waals surface area contributed by atoms with Crippen molar-refractivity contribution in [3.05, 3.63) is 65.4 Å². The summed E-state index contributed by atoms with van der Waals surface area (Å²) in [7, 11) is 0. The second kappa shape index (κ2) is 7.82. The number of nitrogens with zero attached hydrogens (tertiary/aromatic N) is 4. The Morgan fingerprint density at radius 3 is 2.59 bits per heavy atom. The standard InChI is InChI=1S/C24H26N4O/c29-24(17-19-9-5-8-18-6-1-3-10-21(18)19)28-14-12-27(13-15-28)23-16-20-7-2-4-11-22(20)25-26-23/h1,3,5-6,8-10,16H,2,4,7,11-15,17H2. The summed E-state index contributed by atoms with van der Waals surface area (Å²) in [5.74, 6) is 1.17. The largest absolute Gasteiger partial charge is 0.352 e. The lowest BCUT2D eigenvalue weighted by atomic mass is 9.97. The number of amides is 1. The van der Waals surface area contributed by atoms with E-state index in [-0.39, 0.29) is 5.91 Å². The van der Waals surface area contributed by atoms with E-state index in [2.05, 4.69) is 45.4 Å². The van der Waals surface area contributed by atoms with Crippen molar-refractivity contribution < 1.29 is 4.79 Å². The number of piperazine rings is 1. The van der Waals surface area contributed by atoms with Gasteiger partial charge in [0, 0.05) is 26.2 Å². The molecule has 148 valence electrons. The molecule has 1 aromatic heterocycles. The lowest BCUT2D eigenvalue weighted by Crippen LogP contribution is -2.49. The molecule has 29 heavy (non-hydrogen) atoms. The van der Waals surface area contributed by atoms with E-state index >= 15 is 0 Å². The summed E-state index contributed by atoms with van der Waals surface area (Å²) in [5.41, 5.74) is 3.63. The average molecular weight is 386 g/mol. The average Bonchev–Trinajstić information content (AvgIpc) is 2.79. The van der Waals surface area contributed by atoms with E-state index in [1.807, 2.05) is 23.1 Å². The third kappa shape index (κ3) is 3.69. The predicted molar refractivity (Wildman–Crippen MR) is 115 cm³/mol. The Morgan fingerprint density at radius 1 is 0.897 bits per heavy atom. The molecule has 5 rings (SSSR count). The van der Waals surface area contributed by atoms with Crippen LogP contribution in [-0.2, 0) is 24.1 Å². The Kier molecular flexibility index (Phi) is 4.88. The predicted octanol–water partition coefficient (Wildman–Crippen LogP) is 3.40. The third-order valence-electron chi connectivity index (χ3n) is 6.23. The molecule has 5 heteroatoms. The van der Waals surface area contributed by atoms with Crippen LogP contribution in [0.25, 0.3) is 10.8 Å². The fourth-order valence-electron chi connectivity index (χ4n) is 4.54. The van der Waals surface area contributed by atoms with Crippen molar-refractivity contribution >= 4 is 22.5 Å². The van der Waals surface area contributed by atoms with E-state index in [0.717, 1.165) is 50.4 Å². The normalized spacial score (nSPS) is 16.7. The Bertz CT molecular complexity index is 1030. The van der Waals surface area contributed by atoms with Gasteiger partial charge >= 0.3 is 0 Å². The van der Waals surface area contributed by atoms with Gasteiger partial charge in [0.1, 0.15) is 0 Å². The zero-order chi connectivity index (χ0) is 19.6. The molecule has 2 heterocycles. The van der Waals surface area contributed by atoms with Crippen LogP contribution in [0.15, 0.2) is 48.5 Å². The second-order valence-electron chi connectivity index (χ2n) is 8.06. The summed E-state index contributed by atoms with van der Waals surface area (Å²) >= 11 is 0. The van der Waals surface area contributed by atoms with Gasteiger partial charge in [-0.3, -0.25) is 4.79 Å². The summed E-state index contributed by atoms with van der Waals surface area (Å²) in [6.45, 7) is 3.11. The van der Waals surface area contributed by atoms with Gasteiger partial charge in [0.25, 0.3) is 0 Å². The van der Waals surface area contributed by atoms with Gasteiger partial charge in [-0.1, -0.05) is 42.5 Å². The van der Waals surface area contributed by atoms with E-state index in [1.54, 1.807) is 0 Å². The number of hydrogen-bond acceptors (Lipinski definition) is 4. The van der Waals surface area contributed by atoms with Crippen LogP contribution in [0.1, 0.15) is 29.7 Å². The number of hydrogen-bond donors (Lipinski definition) is 0. The molecule has 2 aromatic carbocycles. The van der Waals surface area contributed by atoms with Crippen molar-refractivity contribution in [3.8, 4) is 0 Å². The number of aryl methyl sites for hydroxylation is 2. The highest BCUT2D eigenvalue weighted by Gasteiger charge is 2.23. The molecule has 2 aliphatic rings. The Hall–Kier alpha value is -2.95. The molecule has 0 atom stereocenters. The smallest absolute Gasteiger partial charge is 0.227 e. The highest BCUT2D eigenvalue weighted by Crippen LogP contribution is 2.23. The van der Waals surface area contributed by atoms with Gasteiger partial charge in [0.2, 0.25) is 5.91 Å². The van der Waals surface area contributed by atoms with Gasteiger partial charge in [0.05, 0.1) is 12.1 Å². The van der Waals surface area contributed by atoms with Crippen LogP contribution in [0.2, 0.25) is 0 Å². The van der Waals surface area contributed by atoms with Crippen molar-refractivity contribution in [2.45, 2.75) is 32.1 Å². The van der Waals surface area contributed by atoms with E-state index in [9.17, 15) is 4.79 Å². The van der Waals surface area contributed by atoms with Gasteiger partial charge in [-0.2, -0.15) is 5.10 Å². The number of aromatic nitrogens is 2. The van der Waals surface area contributed by atoms with E-state index < -0.39 is 0 Å². The summed E-state index contributed by atoms with van der Waals surface area (Å²) in [6.07, 6.45) is 5.09. The van der Waals surface area contributed by atoms with Crippen molar-refractivity contribution in [2.75, 3.05) is 31.1 Å². The lowest BCUT2D eigenvalue weighted by molar-refractivity contribution is -0.130. The SMILES string of the molecule is O=C(Cc1cccc2ccccc12)N1CCN(c2cc3c(nn2)CCCC3)CC1. The highest BCUT2D eigenvalue weighted by molar-refractivity contribution is 5.90. The minimum Gasteiger partial charge on any atom is -0.352 e. The number of anilines is 1. The van der Waals surface area contributed by atoms with E-state index in [0.29, 0.717) is 6.42 Å². The number of carbonyl (C=O) groups is 1. The molecule has 1 amide bonds. The van der Waals surface area contributed by atoms with Gasteiger partial charge in [-0.25, -0.2) is 0 Å². The molecule has 0 bridgehead atoms. The minimum absolute atomic E-state index is 0.206. The summed E-state index contributed by atoms with van der Waals surface area (Å²) < 4.78 is 0. The lowest BCUT2D eigenvalue weighted by Gasteiger charge is -2.35. The zero-order valence-corrected chi connectivity index (χ0v) is 16.7.